The summed E-state index contributed by atoms with van der Waals surface area (Å²) in [5.41, 5.74) is 0.227. The van der Waals surface area contributed by atoms with Crippen LogP contribution in [0, 0.1) is 18.3 Å². The van der Waals surface area contributed by atoms with Crippen LogP contribution >= 0.6 is 0 Å². The Bertz CT molecular complexity index is 785. The van der Waals surface area contributed by atoms with Crippen molar-refractivity contribution in [1.29, 1.82) is 5.26 Å². The second-order valence-corrected chi connectivity index (χ2v) is 5.51. The Hall–Kier alpha value is -2.66. The molecule has 0 unspecified atom stereocenters. The van der Waals surface area contributed by atoms with Crippen LogP contribution in [0.25, 0.3) is 0 Å². The maximum atomic E-state index is 12.0. The Morgan fingerprint density at radius 1 is 1.35 bits per heavy atom. The smallest absolute Gasteiger partial charge is 0.287 e. The molecule has 0 radical (unpaired) electrons. The highest BCUT2D eigenvalue weighted by Crippen LogP contribution is 2.11. The third-order valence-electron chi connectivity index (χ3n) is 2.48. The number of hydrogen-bond acceptors (Lipinski definition) is 6. The molecule has 1 aromatic carbocycles. The molecule has 0 bridgehead atoms. The first-order valence-electron chi connectivity index (χ1n) is 5.41. The van der Waals surface area contributed by atoms with E-state index in [1.807, 2.05) is 10.8 Å². The van der Waals surface area contributed by atoms with Crippen LogP contribution in [0.15, 0.2) is 40.0 Å². The minimum Gasteiger partial charge on any atom is -0.448 e. The van der Waals surface area contributed by atoms with Gasteiger partial charge in [0.15, 0.2) is 12.1 Å². The number of benzene rings is 1. The largest absolute Gasteiger partial charge is 0.448 e. The molecule has 0 atom stereocenters. The van der Waals surface area contributed by atoms with E-state index in [1.54, 1.807) is 0 Å². The predicted molar refractivity (Wildman–Crippen MR) is 67.0 cm³/mol. The molecule has 0 saturated carbocycles. The van der Waals surface area contributed by atoms with E-state index in [0.717, 1.165) is 6.39 Å². The molecular weight excluding hydrogens is 282 g/mol. The van der Waals surface area contributed by atoms with Gasteiger partial charge in [0, 0.05) is 0 Å². The highest BCUT2D eigenvalue weighted by molar-refractivity contribution is 7.90. The molecule has 102 valence electrons. The van der Waals surface area contributed by atoms with E-state index in [4.69, 9.17) is 9.68 Å². The maximum absolute atomic E-state index is 12.0. The fourth-order valence-electron chi connectivity index (χ4n) is 1.46. The van der Waals surface area contributed by atoms with Gasteiger partial charge in [-0.1, -0.05) is 0 Å². The molecule has 0 aliphatic carbocycles. The van der Waals surface area contributed by atoms with Crippen molar-refractivity contribution in [3.8, 4) is 6.07 Å². The molecule has 0 aliphatic heterocycles. The Kier molecular flexibility index (Phi) is 3.54. The number of aromatic nitrogens is 1. The molecule has 2 aromatic rings. The van der Waals surface area contributed by atoms with Crippen molar-refractivity contribution < 1.29 is 17.6 Å². The Morgan fingerprint density at radius 2 is 2.00 bits per heavy atom. The van der Waals surface area contributed by atoms with Gasteiger partial charge in [0.25, 0.3) is 15.9 Å². The van der Waals surface area contributed by atoms with Gasteiger partial charge in [0.2, 0.25) is 0 Å². The van der Waals surface area contributed by atoms with E-state index in [1.165, 1.54) is 31.2 Å². The van der Waals surface area contributed by atoms with Crippen molar-refractivity contribution in [2.75, 3.05) is 0 Å². The number of carbonyl (C=O) groups excluding carboxylic acids is 1. The maximum Gasteiger partial charge on any atom is 0.287 e. The molecule has 0 spiro atoms. The number of nitrogens with zero attached hydrogens (tertiary/aromatic N) is 2. The third kappa shape index (κ3) is 2.67. The number of nitrogens with one attached hydrogen (secondary N) is 1. The first-order chi connectivity index (χ1) is 9.44. The highest BCUT2D eigenvalue weighted by Gasteiger charge is 2.21. The van der Waals surface area contributed by atoms with E-state index in [9.17, 15) is 13.2 Å². The lowest BCUT2D eigenvalue weighted by Crippen LogP contribution is -2.31. The number of aryl methyl sites for hydroxylation is 1. The summed E-state index contributed by atoms with van der Waals surface area (Å²) in [5, 5.41) is 8.64. The average Bonchev–Trinajstić information content (AvgIpc) is 2.84. The van der Waals surface area contributed by atoms with Crippen molar-refractivity contribution in [2.24, 2.45) is 0 Å². The molecule has 2 rings (SSSR count). The number of amides is 1. The topological polar surface area (TPSA) is 113 Å². The van der Waals surface area contributed by atoms with Gasteiger partial charge >= 0.3 is 0 Å². The molecule has 0 aliphatic rings. The van der Waals surface area contributed by atoms with Crippen LogP contribution in [-0.4, -0.2) is 19.3 Å². The van der Waals surface area contributed by atoms with E-state index in [-0.39, 0.29) is 16.3 Å². The van der Waals surface area contributed by atoms with Crippen molar-refractivity contribution >= 4 is 15.9 Å². The molecule has 1 amide bonds. The van der Waals surface area contributed by atoms with Gasteiger partial charge in [-0.25, -0.2) is 18.1 Å². The molecule has 1 heterocycles. The van der Waals surface area contributed by atoms with Crippen LogP contribution in [0.2, 0.25) is 0 Å². The molecule has 1 aromatic heterocycles. The van der Waals surface area contributed by atoms with Crippen LogP contribution in [0.5, 0.6) is 0 Å². The third-order valence-corrected chi connectivity index (χ3v) is 3.83. The zero-order valence-corrected chi connectivity index (χ0v) is 11.1. The fraction of sp³-hybridized carbons (Fsp3) is 0.0833. The second-order valence-electron chi connectivity index (χ2n) is 3.83. The summed E-state index contributed by atoms with van der Waals surface area (Å²) in [6, 6.07) is 7.05. The molecule has 8 heteroatoms. The van der Waals surface area contributed by atoms with Crippen molar-refractivity contribution in [2.45, 2.75) is 11.8 Å². The number of carbonyl (C=O) groups is 1. The predicted octanol–water partition coefficient (Wildman–Crippen LogP) is 0.973. The van der Waals surface area contributed by atoms with Crippen molar-refractivity contribution in [3.05, 3.63) is 47.7 Å². The summed E-state index contributed by atoms with van der Waals surface area (Å²) >= 11 is 0. The van der Waals surface area contributed by atoms with Gasteiger partial charge in [0.1, 0.15) is 5.76 Å². The van der Waals surface area contributed by atoms with Crippen LogP contribution in [0.4, 0.5) is 0 Å². The number of nitriles is 1. The molecule has 0 saturated heterocycles. The van der Waals surface area contributed by atoms with Gasteiger partial charge in [0.05, 0.1) is 16.5 Å². The lowest BCUT2D eigenvalue weighted by molar-refractivity contribution is 0.0975. The molecule has 20 heavy (non-hydrogen) atoms. The van der Waals surface area contributed by atoms with Gasteiger partial charge in [-0.3, -0.25) is 4.79 Å². The van der Waals surface area contributed by atoms with E-state index >= 15 is 0 Å². The Morgan fingerprint density at radius 3 is 2.50 bits per heavy atom. The zero-order chi connectivity index (χ0) is 14.8. The first-order valence-corrected chi connectivity index (χ1v) is 6.90. The molecular formula is C12H9N3O4S. The van der Waals surface area contributed by atoms with Gasteiger partial charge in [-0.2, -0.15) is 5.26 Å². The SMILES string of the molecule is Cc1ocnc1C(=O)NS(=O)(=O)c1ccc(C#N)cc1. The highest BCUT2D eigenvalue weighted by atomic mass is 32.2. The molecule has 1 N–H and O–H groups in total. The number of rotatable bonds is 3. The van der Waals surface area contributed by atoms with Crippen LogP contribution < -0.4 is 4.72 Å². The zero-order valence-electron chi connectivity index (χ0n) is 10.3. The van der Waals surface area contributed by atoms with E-state index in [2.05, 4.69) is 4.98 Å². The van der Waals surface area contributed by atoms with Crippen LogP contribution in [0.3, 0.4) is 0 Å². The standard InChI is InChI=1S/C12H9N3O4S/c1-8-11(14-7-19-8)12(16)15-20(17,18)10-4-2-9(6-13)3-5-10/h2-5,7H,1H3,(H,15,16). The monoisotopic (exact) mass is 291 g/mol. The Balaban J connectivity index is 2.25. The summed E-state index contributed by atoms with van der Waals surface area (Å²) in [5.74, 6) is -0.655. The summed E-state index contributed by atoms with van der Waals surface area (Å²) in [7, 11) is -4.02. The van der Waals surface area contributed by atoms with E-state index in [0.29, 0.717) is 5.56 Å². The summed E-state index contributed by atoms with van der Waals surface area (Å²) in [4.78, 5) is 15.3. The summed E-state index contributed by atoms with van der Waals surface area (Å²) < 4.78 is 30.7. The lowest BCUT2D eigenvalue weighted by atomic mass is 10.2. The minimum absolute atomic E-state index is 0.0952. The van der Waals surface area contributed by atoms with Crippen LogP contribution in [0.1, 0.15) is 21.8 Å². The normalized spacial score (nSPS) is 10.8. The molecule has 7 nitrogen and oxygen atoms in total. The number of sulfonamides is 1. The lowest BCUT2D eigenvalue weighted by Gasteiger charge is -2.05. The first kappa shape index (κ1) is 13.8. The Labute approximate surface area is 114 Å². The summed E-state index contributed by atoms with van der Waals surface area (Å²) in [6.45, 7) is 1.50. The van der Waals surface area contributed by atoms with Crippen molar-refractivity contribution in [1.82, 2.24) is 9.71 Å². The van der Waals surface area contributed by atoms with Gasteiger partial charge < -0.3 is 4.42 Å². The average molecular weight is 291 g/mol. The van der Waals surface area contributed by atoms with Gasteiger partial charge in [-0.15, -0.1) is 0 Å². The van der Waals surface area contributed by atoms with Gasteiger partial charge in [-0.05, 0) is 31.2 Å². The second kappa shape index (κ2) is 5.14. The summed E-state index contributed by atoms with van der Waals surface area (Å²) in [6.07, 6.45) is 1.05. The van der Waals surface area contributed by atoms with E-state index < -0.39 is 15.9 Å². The fourth-order valence-corrected chi connectivity index (χ4v) is 2.41. The van der Waals surface area contributed by atoms with Crippen LogP contribution in [-0.2, 0) is 10.0 Å². The van der Waals surface area contributed by atoms with Crippen molar-refractivity contribution in [3.63, 3.8) is 0 Å². The quantitative estimate of drug-likeness (QED) is 0.901. The molecule has 0 fully saturated rings. The number of hydrogen-bond donors (Lipinski definition) is 1. The minimum atomic E-state index is -4.02. The number of oxazole rings is 1.